The first kappa shape index (κ1) is 14.4. The first-order chi connectivity index (χ1) is 9.25. The van der Waals surface area contributed by atoms with E-state index >= 15 is 0 Å². The van der Waals surface area contributed by atoms with Crippen molar-refractivity contribution in [2.75, 3.05) is 20.8 Å². The van der Waals surface area contributed by atoms with Crippen molar-refractivity contribution >= 4 is 0 Å². The molecule has 3 heteroatoms. The van der Waals surface area contributed by atoms with Crippen LogP contribution in [0.3, 0.4) is 0 Å². The Balaban J connectivity index is 2.40. The van der Waals surface area contributed by atoms with Gasteiger partial charge in [-0.25, -0.2) is 0 Å². The van der Waals surface area contributed by atoms with Crippen LogP contribution in [0.15, 0.2) is 18.2 Å². The van der Waals surface area contributed by atoms with Crippen LogP contribution in [0.2, 0.25) is 0 Å². The quantitative estimate of drug-likeness (QED) is 0.888. The zero-order valence-electron chi connectivity index (χ0n) is 12.1. The number of hydrogen-bond acceptors (Lipinski definition) is 3. The molecule has 0 bridgehead atoms. The van der Waals surface area contributed by atoms with Crippen molar-refractivity contribution < 1.29 is 9.47 Å². The smallest absolute Gasteiger partial charge is 0.119 e. The zero-order chi connectivity index (χ0) is 13.7. The highest BCUT2D eigenvalue weighted by Gasteiger charge is 2.34. The fourth-order valence-electron chi connectivity index (χ4n) is 3.30. The van der Waals surface area contributed by atoms with Gasteiger partial charge < -0.3 is 15.2 Å². The summed E-state index contributed by atoms with van der Waals surface area (Å²) in [7, 11) is 3.43. The fourth-order valence-corrected chi connectivity index (χ4v) is 3.30. The van der Waals surface area contributed by atoms with E-state index in [0.717, 1.165) is 12.3 Å². The molecule has 0 saturated heterocycles. The summed E-state index contributed by atoms with van der Waals surface area (Å²) in [4.78, 5) is 0. The molecule has 0 unspecified atom stereocenters. The van der Waals surface area contributed by atoms with Gasteiger partial charge >= 0.3 is 0 Å². The van der Waals surface area contributed by atoms with Crippen molar-refractivity contribution in [1.82, 2.24) is 0 Å². The van der Waals surface area contributed by atoms with Gasteiger partial charge in [0.25, 0.3) is 0 Å². The third-order valence-electron chi connectivity index (χ3n) is 4.38. The molecular weight excluding hydrogens is 238 g/mol. The molecule has 19 heavy (non-hydrogen) atoms. The molecule has 106 valence electrons. The standard InChI is InChI=1S/C16H25NO2/c1-18-11-13-10-14(19-2)6-7-15(13)16(12-17)8-4-3-5-9-16/h6-7,10H,3-5,8-9,11-12,17H2,1-2H3. The molecule has 0 aromatic heterocycles. The number of rotatable bonds is 5. The van der Waals surface area contributed by atoms with Crippen molar-refractivity contribution in [2.24, 2.45) is 5.73 Å². The summed E-state index contributed by atoms with van der Waals surface area (Å²) in [5.41, 5.74) is 8.85. The predicted molar refractivity (Wildman–Crippen MR) is 77.5 cm³/mol. The fraction of sp³-hybridized carbons (Fsp3) is 0.625. The Morgan fingerprint density at radius 2 is 1.89 bits per heavy atom. The van der Waals surface area contributed by atoms with Crippen LogP contribution in [-0.4, -0.2) is 20.8 Å². The lowest BCUT2D eigenvalue weighted by Crippen LogP contribution is -2.38. The first-order valence-corrected chi connectivity index (χ1v) is 7.12. The average Bonchev–Trinajstić information content (AvgIpc) is 2.48. The summed E-state index contributed by atoms with van der Waals surface area (Å²) in [6, 6.07) is 6.32. The van der Waals surface area contributed by atoms with Gasteiger partial charge in [-0.2, -0.15) is 0 Å². The van der Waals surface area contributed by atoms with E-state index in [4.69, 9.17) is 15.2 Å². The van der Waals surface area contributed by atoms with E-state index in [2.05, 4.69) is 12.1 Å². The highest BCUT2D eigenvalue weighted by Crippen LogP contribution is 2.41. The molecule has 0 radical (unpaired) electrons. The molecule has 1 aliphatic rings. The lowest BCUT2D eigenvalue weighted by atomic mass is 9.68. The molecule has 1 aliphatic carbocycles. The maximum absolute atomic E-state index is 6.13. The van der Waals surface area contributed by atoms with E-state index in [0.29, 0.717) is 6.61 Å². The molecule has 0 amide bonds. The highest BCUT2D eigenvalue weighted by atomic mass is 16.5. The summed E-state index contributed by atoms with van der Waals surface area (Å²) in [6.07, 6.45) is 6.25. The topological polar surface area (TPSA) is 44.5 Å². The minimum atomic E-state index is 0.137. The SMILES string of the molecule is COCc1cc(OC)ccc1C1(CN)CCCCC1. The van der Waals surface area contributed by atoms with Gasteiger partial charge in [0, 0.05) is 19.1 Å². The molecule has 0 aliphatic heterocycles. The molecular formula is C16H25NO2. The van der Waals surface area contributed by atoms with Gasteiger partial charge in [-0.1, -0.05) is 25.3 Å². The molecule has 0 spiro atoms. The lowest BCUT2D eigenvalue weighted by Gasteiger charge is -2.38. The van der Waals surface area contributed by atoms with E-state index in [1.807, 2.05) is 6.07 Å². The molecule has 3 nitrogen and oxygen atoms in total. The second-order valence-corrected chi connectivity index (χ2v) is 5.50. The monoisotopic (exact) mass is 263 g/mol. The van der Waals surface area contributed by atoms with E-state index in [1.165, 1.54) is 43.2 Å². The number of ether oxygens (including phenoxy) is 2. The van der Waals surface area contributed by atoms with Crippen molar-refractivity contribution in [3.05, 3.63) is 29.3 Å². The van der Waals surface area contributed by atoms with Gasteiger partial charge in [-0.15, -0.1) is 0 Å². The normalized spacial score (nSPS) is 18.3. The Kier molecular flexibility index (Phi) is 4.83. The minimum absolute atomic E-state index is 0.137. The summed E-state index contributed by atoms with van der Waals surface area (Å²) in [6.45, 7) is 1.34. The van der Waals surface area contributed by atoms with E-state index in [9.17, 15) is 0 Å². The molecule has 2 N–H and O–H groups in total. The first-order valence-electron chi connectivity index (χ1n) is 7.12. The molecule has 1 saturated carbocycles. The van der Waals surface area contributed by atoms with Gasteiger partial charge in [0.05, 0.1) is 13.7 Å². The average molecular weight is 263 g/mol. The zero-order valence-corrected chi connectivity index (χ0v) is 12.1. The molecule has 0 heterocycles. The molecule has 0 atom stereocenters. The molecule has 1 fully saturated rings. The molecule has 1 aromatic rings. The second kappa shape index (κ2) is 6.40. The van der Waals surface area contributed by atoms with Crippen LogP contribution in [0.5, 0.6) is 5.75 Å². The molecule has 2 rings (SSSR count). The number of benzene rings is 1. The number of nitrogens with two attached hydrogens (primary N) is 1. The van der Waals surface area contributed by atoms with Crippen LogP contribution < -0.4 is 10.5 Å². The van der Waals surface area contributed by atoms with Crippen molar-refractivity contribution in [1.29, 1.82) is 0 Å². The van der Waals surface area contributed by atoms with Crippen molar-refractivity contribution in [3.63, 3.8) is 0 Å². The second-order valence-electron chi connectivity index (χ2n) is 5.50. The van der Waals surface area contributed by atoms with E-state index < -0.39 is 0 Å². The minimum Gasteiger partial charge on any atom is -0.497 e. The van der Waals surface area contributed by atoms with Gasteiger partial charge in [0.2, 0.25) is 0 Å². The summed E-state index contributed by atoms with van der Waals surface area (Å²) >= 11 is 0. The van der Waals surface area contributed by atoms with Gasteiger partial charge in [0.15, 0.2) is 0 Å². The number of methoxy groups -OCH3 is 2. The summed E-state index contributed by atoms with van der Waals surface area (Å²) in [5.74, 6) is 0.888. The van der Waals surface area contributed by atoms with E-state index in [1.54, 1.807) is 14.2 Å². The van der Waals surface area contributed by atoms with Gasteiger partial charge in [-0.05, 0) is 36.1 Å². The Morgan fingerprint density at radius 1 is 1.16 bits per heavy atom. The Hall–Kier alpha value is -1.06. The van der Waals surface area contributed by atoms with Gasteiger partial charge in [-0.3, -0.25) is 0 Å². The lowest BCUT2D eigenvalue weighted by molar-refractivity contribution is 0.180. The third-order valence-corrected chi connectivity index (χ3v) is 4.38. The maximum Gasteiger partial charge on any atom is 0.119 e. The Morgan fingerprint density at radius 3 is 2.47 bits per heavy atom. The van der Waals surface area contributed by atoms with Gasteiger partial charge in [0.1, 0.15) is 5.75 Å². The predicted octanol–water partition coefficient (Wildman–Crippen LogP) is 3.00. The van der Waals surface area contributed by atoms with Crippen molar-refractivity contribution in [3.8, 4) is 5.75 Å². The van der Waals surface area contributed by atoms with Crippen LogP contribution in [0, 0.1) is 0 Å². The Labute approximate surface area is 116 Å². The highest BCUT2D eigenvalue weighted by molar-refractivity contribution is 5.40. The maximum atomic E-state index is 6.13. The van der Waals surface area contributed by atoms with E-state index in [-0.39, 0.29) is 5.41 Å². The summed E-state index contributed by atoms with van der Waals surface area (Å²) < 4.78 is 10.7. The largest absolute Gasteiger partial charge is 0.497 e. The number of hydrogen-bond donors (Lipinski definition) is 1. The van der Waals surface area contributed by atoms with Crippen LogP contribution in [0.25, 0.3) is 0 Å². The Bertz CT molecular complexity index is 411. The van der Waals surface area contributed by atoms with Crippen LogP contribution >= 0.6 is 0 Å². The van der Waals surface area contributed by atoms with Crippen LogP contribution in [-0.2, 0) is 16.8 Å². The molecule has 1 aromatic carbocycles. The van der Waals surface area contributed by atoms with Crippen LogP contribution in [0.1, 0.15) is 43.2 Å². The van der Waals surface area contributed by atoms with Crippen molar-refractivity contribution in [2.45, 2.75) is 44.1 Å². The van der Waals surface area contributed by atoms with Crippen LogP contribution in [0.4, 0.5) is 0 Å². The summed E-state index contributed by atoms with van der Waals surface area (Å²) in [5, 5.41) is 0. The third kappa shape index (κ3) is 2.93.